The largest absolute Gasteiger partial charge is 0.475 e. The zero-order valence-corrected chi connectivity index (χ0v) is 11.7. The summed E-state index contributed by atoms with van der Waals surface area (Å²) in [6, 6.07) is 7.46. The SMILES string of the molecule is Cc1cc(C)cc(NS(=O)(=O)c2ccc(C(=O)O)o2)c1. The van der Waals surface area contributed by atoms with E-state index in [2.05, 4.69) is 4.72 Å². The number of aryl methyl sites for hydroxylation is 2. The normalized spacial score (nSPS) is 11.3. The van der Waals surface area contributed by atoms with Crippen LogP contribution in [0, 0.1) is 13.8 Å². The Hall–Kier alpha value is -2.28. The average Bonchev–Trinajstić information content (AvgIpc) is 2.76. The maximum atomic E-state index is 12.1. The number of aromatic carboxylic acids is 1. The van der Waals surface area contributed by atoms with Crippen molar-refractivity contribution in [3.8, 4) is 0 Å². The summed E-state index contributed by atoms with van der Waals surface area (Å²) in [6.07, 6.45) is 0. The third kappa shape index (κ3) is 3.00. The molecule has 0 aliphatic rings. The van der Waals surface area contributed by atoms with E-state index in [1.165, 1.54) is 0 Å². The highest BCUT2D eigenvalue weighted by Gasteiger charge is 2.21. The van der Waals surface area contributed by atoms with Crippen LogP contribution < -0.4 is 4.72 Å². The summed E-state index contributed by atoms with van der Waals surface area (Å²) in [6.45, 7) is 3.69. The quantitative estimate of drug-likeness (QED) is 0.902. The molecule has 0 bridgehead atoms. The van der Waals surface area contributed by atoms with Crippen molar-refractivity contribution in [2.24, 2.45) is 0 Å². The van der Waals surface area contributed by atoms with Gasteiger partial charge in [-0.15, -0.1) is 0 Å². The van der Waals surface area contributed by atoms with Gasteiger partial charge in [-0.1, -0.05) is 6.07 Å². The van der Waals surface area contributed by atoms with Crippen molar-refractivity contribution in [1.29, 1.82) is 0 Å². The Morgan fingerprint density at radius 2 is 1.75 bits per heavy atom. The van der Waals surface area contributed by atoms with Crippen LogP contribution in [0.3, 0.4) is 0 Å². The van der Waals surface area contributed by atoms with E-state index in [1.54, 1.807) is 12.1 Å². The minimum Gasteiger partial charge on any atom is -0.475 e. The molecule has 1 aromatic carbocycles. The fourth-order valence-corrected chi connectivity index (χ4v) is 2.79. The Bertz CT molecular complexity index is 741. The predicted molar refractivity (Wildman–Crippen MR) is 72.4 cm³/mol. The number of anilines is 1. The standard InChI is InChI=1S/C13H13NO5S/c1-8-5-9(2)7-10(6-8)14-20(17,18)12-4-3-11(19-12)13(15)16/h3-7,14H,1-2H3,(H,15,16). The molecule has 0 fully saturated rings. The molecule has 20 heavy (non-hydrogen) atoms. The van der Waals surface area contributed by atoms with Crippen molar-refractivity contribution in [2.75, 3.05) is 4.72 Å². The van der Waals surface area contributed by atoms with E-state index in [4.69, 9.17) is 9.52 Å². The minimum absolute atomic E-state index is 0.399. The van der Waals surface area contributed by atoms with Crippen LogP contribution in [0.2, 0.25) is 0 Å². The van der Waals surface area contributed by atoms with Crippen molar-refractivity contribution in [3.63, 3.8) is 0 Å². The lowest BCUT2D eigenvalue weighted by atomic mass is 10.1. The van der Waals surface area contributed by atoms with Gasteiger partial charge in [-0.3, -0.25) is 4.72 Å². The van der Waals surface area contributed by atoms with Gasteiger partial charge in [-0.05, 0) is 49.2 Å². The molecule has 2 rings (SSSR count). The third-order valence-electron chi connectivity index (χ3n) is 2.53. The van der Waals surface area contributed by atoms with Crippen molar-refractivity contribution >= 4 is 21.7 Å². The van der Waals surface area contributed by atoms with E-state index in [0.29, 0.717) is 5.69 Å². The molecule has 0 amide bonds. The van der Waals surface area contributed by atoms with Gasteiger partial charge in [-0.2, -0.15) is 8.42 Å². The second-order valence-corrected chi connectivity index (χ2v) is 6.02. The highest BCUT2D eigenvalue weighted by Crippen LogP contribution is 2.20. The number of rotatable bonds is 4. The molecule has 2 N–H and O–H groups in total. The van der Waals surface area contributed by atoms with Gasteiger partial charge in [0.1, 0.15) is 0 Å². The molecule has 0 saturated heterocycles. The first-order chi connectivity index (χ1) is 9.28. The Morgan fingerprint density at radius 1 is 1.15 bits per heavy atom. The molecule has 106 valence electrons. The summed E-state index contributed by atoms with van der Waals surface area (Å²) in [7, 11) is -3.94. The molecule has 6 nitrogen and oxygen atoms in total. The van der Waals surface area contributed by atoms with Gasteiger partial charge in [0, 0.05) is 5.69 Å². The molecule has 1 heterocycles. The molecular weight excluding hydrogens is 282 g/mol. The molecular formula is C13H13NO5S. The van der Waals surface area contributed by atoms with E-state index < -0.39 is 26.8 Å². The molecule has 0 saturated carbocycles. The molecule has 0 atom stereocenters. The second-order valence-electron chi connectivity index (χ2n) is 4.41. The van der Waals surface area contributed by atoms with Crippen LogP contribution in [0.4, 0.5) is 5.69 Å². The van der Waals surface area contributed by atoms with Crippen molar-refractivity contribution in [1.82, 2.24) is 0 Å². The number of hydrogen-bond donors (Lipinski definition) is 2. The fraction of sp³-hybridized carbons (Fsp3) is 0.154. The molecule has 7 heteroatoms. The highest BCUT2D eigenvalue weighted by atomic mass is 32.2. The topological polar surface area (TPSA) is 96.6 Å². The van der Waals surface area contributed by atoms with E-state index in [1.807, 2.05) is 19.9 Å². The lowest BCUT2D eigenvalue weighted by Crippen LogP contribution is -2.12. The molecule has 0 radical (unpaired) electrons. The van der Waals surface area contributed by atoms with Crippen LogP contribution in [-0.4, -0.2) is 19.5 Å². The number of sulfonamides is 1. The molecule has 2 aromatic rings. The molecule has 0 aliphatic heterocycles. The molecule has 1 aromatic heterocycles. The summed E-state index contributed by atoms with van der Waals surface area (Å²) in [5.41, 5.74) is 2.22. The summed E-state index contributed by atoms with van der Waals surface area (Å²) < 4.78 is 31.3. The number of carboxylic acids is 1. The highest BCUT2D eigenvalue weighted by molar-refractivity contribution is 7.92. The average molecular weight is 295 g/mol. The van der Waals surface area contributed by atoms with Gasteiger partial charge in [0.2, 0.25) is 10.9 Å². The van der Waals surface area contributed by atoms with Crippen LogP contribution in [-0.2, 0) is 10.0 Å². The Labute approximate surface area is 116 Å². The lowest BCUT2D eigenvalue weighted by Gasteiger charge is -2.07. The van der Waals surface area contributed by atoms with Gasteiger partial charge < -0.3 is 9.52 Å². The Morgan fingerprint density at radius 3 is 2.25 bits per heavy atom. The first-order valence-corrected chi connectivity index (χ1v) is 7.20. The number of benzene rings is 1. The predicted octanol–water partition coefficient (Wildman–Crippen LogP) is 2.40. The van der Waals surface area contributed by atoms with E-state index in [9.17, 15) is 13.2 Å². The van der Waals surface area contributed by atoms with Crippen molar-refractivity contribution < 1.29 is 22.7 Å². The van der Waals surface area contributed by atoms with Crippen LogP contribution in [0.15, 0.2) is 39.8 Å². The fourth-order valence-electron chi connectivity index (χ4n) is 1.82. The van der Waals surface area contributed by atoms with Gasteiger partial charge in [0.15, 0.2) is 0 Å². The monoisotopic (exact) mass is 295 g/mol. The Balaban J connectivity index is 2.32. The van der Waals surface area contributed by atoms with E-state index >= 15 is 0 Å². The summed E-state index contributed by atoms with van der Waals surface area (Å²) in [5.74, 6) is -1.75. The zero-order chi connectivity index (χ0) is 14.9. The number of hydrogen-bond acceptors (Lipinski definition) is 4. The maximum absolute atomic E-state index is 12.1. The van der Waals surface area contributed by atoms with E-state index in [-0.39, 0.29) is 0 Å². The number of carbonyl (C=O) groups is 1. The van der Waals surface area contributed by atoms with Gasteiger partial charge in [0.25, 0.3) is 10.0 Å². The first kappa shape index (κ1) is 14.1. The van der Waals surface area contributed by atoms with Crippen LogP contribution >= 0.6 is 0 Å². The summed E-state index contributed by atoms with van der Waals surface area (Å²) in [4.78, 5) is 10.7. The van der Waals surface area contributed by atoms with Crippen molar-refractivity contribution in [3.05, 3.63) is 47.2 Å². The summed E-state index contributed by atoms with van der Waals surface area (Å²) >= 11 is 0. The number of furan rings is 1. The zero-order valence-electron chi connectivity index (χ0n) is 10.9. The van der Waals surface area contributed by atoms with Crippen LogP contribution in [0.1, 0.15) is 21.7 Å². The maximum Gasteiger partial charge on any atom is 0.371 e. The smallest absolute Gasteiger partial charge is 0.371 e. The summed E-state index contributed by atoms with van der Waals surface area (Å²) in [5, 5.41) is 8.28. The van der Waals surface area contributed by atoms with Gasteiger partial charge >= 0.3 is 5.97 Å². The number of carboxylic acid groups (broad SMARTS) is 1. The van der Waals surface area contributed by atoms with Crippen molar-refractivity contribution in [2.45, 2.75) is 18.9 Å². The second kappa shape index (κ2) is 5.01. The van der Waals surface area contributed by atoms with Crippen LogP contribution in [0.25, 0.3) is 0 Å². The first-order valence-electron chi connectivity index (χ1n) is 5.72. The van der Waals surface area contributed by atoms with E-state index in [0.717, 1.165) is 23.3 Å². The van der Waals surface area contributed by atoms with Crippen LogP contribution in [0.5, 0.6) is 0 Å². The third-order valence-corrected chi connectivity index (χ3v) is 3.78. The molecule has 0 aliphatic carbocycles. The number of nitrogens with one attached hydrogen (secondary N) is 1. The minimum atomic E-state index is -3.94. The lowest BCUT2D eigenvalue weighted by molar-refractivity contribution is 0.0656. The van der Waals surface area contributed by atoms with Gasteiger partial charge in [-0.25, -0.2) is 4.79 Å². The molecule has 0 spiro atoms. The molecule has 0 unspecified atom stereocenters. The van der Waals surface area contributed by atoms with Gasteiger partial charge in [0.05, 0.1) is 0 Å². The Kier molecular flexibility index (Phi) is 3.54.